The second-order valence-corrected chi connectivity index (χ2v) is 5.16. The van der Waals surface area contributed by atoms with Crippen LogP contribution in [0.1, 0.15) is 32.6 Å². The van der Waals surface area contributed by atoms with E-state index in [0.29, 0.717) is 12.5 Å². The Hall–Kier alpha value is -0.610. The van der Waals surface area contributed by atoms with Crippen molar-refractivity contribution in [1.29, 1.82) is 0 Å². The molecule has 16 heavy (non-hydrogen) atoms. The van der Waals surface area contributed by atoms with E-state index < -0.39 is 0 Å². The van der Waals surface area contributed by atoms with Gasteiger partial charge >= 0.3 is 0 Å². The Labute approximate surface area is 98.8 Å². The lowest BCUT2D eigenvalue weighted by Crippen LogP contribution is -2.41. The van der Waals surface area contributed by atoms with Crippen molar-refractivity contribution in [2.75, 3.05) is 27.2 Å². The number of hydrogen-bond donors (Lipinski definition) is 1. The summed E-state index contributed by atoms with van der Waals surface area (Å²) in [5.74, 6) is 0.279. The van der Waals surface area contributed by atoms with Gasteiger partial charge in [0.15, 0.2) is 0 Å². The summed E-state index contributed by atoms with van der Waals surface area (Å²) in [4.78, 5) is 16.2. The molecule has 2 unspecified atom stereocenters. The predicted octanol–water partition coefficient (Wildman–Crippen LogP) is 0.666. The van der Waals surface area contributed by atoms with Gasteiger partial charge in [0.25, 0.3) is 0 Å². The van der Waals surface area contributed by atoms with Gasteiger partial charge in [-0.1, -0.05) is 0 Å². The maximum Gasteiger partial charge on any atom is 0.222 e. The largest absolute Gasteiger partial charge is 0.338 e. The smallest absolute Gasteiger partial charge is 0.222 e. The SMILES string of the molecule is CC(N)CCC(=O)N1CCCC1CN(C)C. The Balaban J connectivity index is 2.41. The summed E-state index contributed by atoms with van der Waals surface area (Å²) in [5.41, 5.74) is 5.68. The number of amides is 1. The first kappa shape index (κ1) is 13.5. The van der Waals surface area contributed by atoms with Gasteiger partial charge in [-0.25, -0.2) is 0 Å². The van der Waals surface area contributed by atoms with Gasteiger partial charge in [0.2, 0.25) is 5.91 Å². The van der Waals surface area contributed by atoms with Crippen LogP contribution in [0.2, 0.25) is 0 Å². The zero-order valence-corrected chi connectivity index (χ0v) is 10.8. The number of rotatable bonds is 5. The third-order valence-electron chi connectivity index (χ3n) is 3.09. The molecule has 0 aromatic rings. The molecule has 94 valence electrons. The molecule has 1 aliphatic heterocycles. The molecule has 0 radical (unpaired) electrons. The van der Waals surface area contributed by atoms with Crippen molar-refractivity contribution in [2.24, 2.45) is 5.73 Å². The van der Waals surface area contributed by atoms with E-state index in [0.717, 1.165) is 32.4 Å². The molecule has 2 atom stereocenters. The van der Waals surface area contributed by atoms with Gasteiger partial charge < -0.3 is 15.5 Å². The van der Waals surface area contributed by atoms with Crippen molar-refractivity contribution in [2.45, 2.75) is 44.7 Å². The molecule has 0 aromatic carbocycles. The van der Waals surface area contributed by atoms with E-state index >= 15 is 0 Å². The monoisotopic (exact) mass is 227 g/mol. The van der Waals surface area contributed by atoms with Crippen LogP contribution in [-0.2, 0) is 4.79 Å². The normalized spacial score (nSPS) is 22.8. The van der Waals surface area contributed by atoms with Crippen LogP contribution in [-0.4, -0.2) is 55.0 Å². The van der Waals surface area contributed by atoms with E-state index in [1.54, 1.807) is 0 Å². The first-order chi connectivity index (χ1) is 7.50. The Morgan fingerprint density at radius 2 is 2.25 bits per heavy atom. The minimum absolute atomic E-state index is 0.124. The molecular formula is C12H25N3O. The minimum Gasteiger partial charge on any atom is -0.338 e. The van der Waals surface area contributed by atoms with Crippen LogP contribution in [0.4, 0.5) is 0 Å². The highest BCUT2D eigenvalue weighted by molar-refractivity contribution is 5.76. The van der Waals surface area contributed by atoms with Crippen molar-refractivity contribution in [1.82, 2.24) is 9.80 Å². The number of hydrogen-bond acceptors (Lipinski definition) is 3. The van der Waals surface area contributed by atoms with Gasteiger partial charge in [-0.05, 0) is 40.3 Å². The van der Waals surface area contributed by atoms with E-state index in [4.69, 9.17) is 5.73 Å². The summed E-state index contributed by atoms with van der Waals surface area (Å²) >= 11 is 0. The molecule has 1 rings (SSSR count). The Morgan fingerprint density at radius 1 is 1.56 bits per heavy atom. The lowest BCUT2D eigenvalue weighted by Gasteiger charge is -2.27. The van der Waals surface area contributed by atoms with Gasteiger partial charge in [0.1, 0.15) is 0 Å². The van der Waals surface area contributed by atoms with Crippen LogP contribution in [0, 0.1) is 0 Å². The molecule has 0 aromatic heterocycles. The van der Waals surface area contributed by atoms with Crippen molar-refractivity contribution < 1.29 is 4.79 Å². The number of nitrogens with two attached hydrogens (primary N) is 1. The second-order valence-electron chi connectivity index (χ2n) is 5.16. The van der Waals surface area contributed by atoms with Gasteiger partial charge in [0, 0.05) is 31.6 Å². The van der Waals surface area contributed by atoms with Gasteiger partial charge in [-0.3, -0.25) is 4.79 Å². The zero-order chi connectivity index (χ0) is 12.1. The van der Waals surface area contributed by atoms with Gasteiger partial charge in [-0.15, -0.1) is 0 Å². The summed E-state index contributed by atoms with van der Waals surface area (Å²) in [6.07, 6.45) is 3.68. The topological polar surface area (TPSA) is 49.6 Å². The highest BCUT2D eigenvalue weighted by Crippen LogP contribution is 2.19. The fourth-order valence-corrected chi connectivity index (χ4v) is 2.27. The van der Waals surface area contributed by atoms with E-state index in [2.05, 4.69) is 19.0 Å². The predicted molar refractivity (Wildman–Crippen MR) is 66.2 cm³/mol. The summed E-state index contributed by atoms with van der Waals surface area (Å²) < 4.78 is 0. The minimum atomic E-state index is 0.124. The number of nitrogens with zero attached hydrogens (tertiary/aromatic N) is 2. The number of carbonyl (C=O) groups excluding carboxylic acids is 1. The molecule has 1 saturated heterocycles. The summed E-state index contributed by atoms with van der Waals surface area (Å²) in [6, 6.07) is 0.537. The highest BCUT2D eigenvalue weighted by Gasteiger charge is 2.28. The Kier molecular flexibility index (Phi) is 5.22. The molecule has 1 aliphatic rings. The van der Waals surface area contributed by atoms with E-state index in [9.17, 15) is 4.79 Å². The number of carbonyl (C=O) groups is 1. The molecule has 4 heteroatoms. The third kappa shape index (κ3) is 4.10. The summed E-state index contributed by atoms with van der Waals surface area (Å²) in [6.45, 7) is 3.86. The Bertz CT molecular complexity index is 228. The molecule has 0 saturated carbocycles. The maximum atomic E-state index is 12.0. The molecule has 1 heterocycles. The van der Waals surface area contributed by atoms with Crippen molar-refractivity contribution in [3.8, 4) is 0 Å². The van der Waals surface area contributed by atoms with Crippen molar-refractivity contribution in [3.05, 3.63) is 0 Å². The molecule has 0 aliphatic carbocycles. The van der Waals surface area contributed by atoms with Gasteiger partial charge in [-0.2, -0.15) is 0 Å². The lowest BCUT2D eigenvalue weighted by atomic mass is 10.1. The van der Waals surface area contributed by atoms with Crippen LogP contribution in [0.15, 0.2) is 0 Å². The van der Waals surface area contributed by atoms with E-state index in [-0.39, 0.29) is 11.9 Å². The molecule has 0 bridgehead atoms. The average Bonchev–Trinajstić information content (AvgIpc) is 2.61. The molecular weight excluding hydrogens is 202 g/mol. The summed E-state index contributed by atoms with van der Waals surface area (Å²) in [5, 5.41) is 0. The molecule has 1 amide bonds. The quantitative estimate of drug-likeness (QED) is 0.751. The maximum absolute atomic E-state index is 12.0. The fraction of sp³-hybridized carbons (Fsp3) is 0.917. The van der Waals surface area contributed by atoms with E-state index in [1.807, 2.05) is 11.8 Å². The first-order valence-electron chi connectivity index (χ1n) is 6.20. The standard InChI is InChI=1S/C12H25N3O/c1-10(13)6-7-12(16)15-8-4-5-11(15)9-14(2)3/h10-11H,4-9,13H2,1-3H3. The van der Waals surface area contributed by atoms with Crippen molar-refractivity contribution >= 4 is 5.91 Å². The lowest BCUT2D eigenvalue weighted by molar-refractivity contribution is -0.132. The summed E-state index contributed by atoms with van der Waals surface area (Å²) in [7, 11) is 4.12. The van der Waals surface area contributed by atoms with Crippen LogP contribution >= 0.6 is 0 Å². The van der Waals surface area contributed by atoms with E-state index in [1.165, 1.54) is 0 Å². The fourth-order valence-electron chi connectivity index (χ4n) is 2.27. The number of likely N-dealkylation sites (N-methyl/N-ethyl adjacent to an activating group) is 1. The van der Waals surface area contributed by atoms with Crippen LogP contribution in [0.5, 0.6) is 0 Å². The Morgan fingerprint density at radius 3 is 2.81 bits per heavy atom. The van der Waals surface area contributed by atoms with Crippen LogP contribution < -0.4 is 5.73 Å². The zero-order valence-electron chi connectivity index (χ0n) is 10.8. The number of likely N-dealkylation sites (tertiary alicyclic amines) is 1. The molecule has 4 nitrogen and oxygen atoms in total. The third-order valence-corrected chi connectivity index (χ3v) is 3.09. The first-order valence-corrected chi connectivity index (χ1v) is 6.20. The average molecular weight is 227 g/mol. The highest BCUT2D eigenvalue weighted by atomic mass is 16.2. The molecule has 2 N–H and O–H groups in total. The van der Waals surface area contributed by atoms with Crippen LogP contribution in [0.3, 0.4) is 0 Å². The van der Waals surface area contributed by atoms with Crippen molar-refractivity contribution in [3.63, 3.8) is 0 Å². The van der Waals surface area contributed by atoms with Crippen LogP contribution in [0.25, 0.3) is 0 Å². The molecule has 1 fully saturated rings. The second kappa shape index (κ2) is 6.21. The molecule has 0 spiro atoms. The van der Waals surface area contributed by atoms with Gasteiger partial charge in [0.05, 0.1) is 0 Å².